The van der Waals surface area contributed by atoms with Gasteiger partial charge in [0.15, 0.2) is 17.5 Å². The number of nitrogens with zero attached hydrogens (tertiary/aromatic N) is 2. The molecule has 1 aliphatic rings. The van der Waals surface area contributed by atoms with Crippen LogP contribution in [0.1, 0.15) is 39.2 Å². The Morgan fingerprint density at radius 3 is 2.28 bits per heavy atom. The molecule has 2 rings (SSSR count). The summed E-state index contributed by atoms with van der Waals surface area (Å²) < 4.78 is 16.4. The van der Waals surface area contributed by atoms with Crippen LogP contribution in [-0.4, -0.2) is 63.9 Å². The molecular weight excluding hydrogens is 483 g/mol. The Bertz CT molecular complexity index is 647. The highest BCUT2D eigenvalue weighted by molar-refractivity contribution is 14.0. The molecule has 1 aromatic rings. The fourth-order valence-corrected chi connectivity index (χ4v) is 3.53. The maximum Gasteiger partial charge on any atom is 0.203 e. The van der Waals surface area contributed by atoms with Crippen molar-refractivity contribution < 1.29 is 14.2 Å². The number of benzene rings is 1. The molecule has 0 atom stereocenters. The van der Waals surface area contributed by atoms with Gasteiger partial charge >= 0.3 is 0 Å². The molecule has 0 aliphatic carbocycles. The zero-order valence-electron chi connectivity index (χ0n) is 18.6. The normalized spacial score (nSPS) is 15.6. The number of piperidine rings is 1. The Balaban J connectivity index is 0.00000420. The van der Waals surface area contributed by atoms with Gasteiger partial charge in [0.25, 0.3) is 0 Å². The number of methoxy groups -OCH3 is 3. The lowest BCUT2D eigenvalue weighted by atomic mass is 10.0. The molecular formula is C21H37IN4O3. The molecule has 8 heteroatoms. The highest BCUT2D eigenvalue weighted by Gasteiger charge is 2.21. The molecule has 1 saturated heterocycles. The van der Waals surface area contributed by atoms with E-state index in [1.54, 1.807) is 21.3 Å². The van der Waals surface area contributed by atoms with Crippen molar-refractivity contribution in [1.29, 1.82) is 0 Å². The van der Waals surface area contributed by atoms with Gasteiger partial charge in [0.2, 0.25) is 5.75 Å². The van der Waals surface area contributed by atoms with Gasteiger partial charge in [-0.2, -0.15) is 0 Å². The molecule has 0 saturated carbocycles. The topological polar surface area (TPSA) is 67.4 Å². The summed E-state index contributed by atoms with van der Waals surface area (Å²) in [6, 6.07) is 4.91. The highest BCUT2D eigenvalue weighted by atomic mass is 127. The van der Waals surface area contributed by atoms with E-state index in [0.29, 0.717) is 35.9 Å². The number of hydrogen-bond donors (Lipinski definition) is 2. The molecule has 0 amide bonds. The van der Waals surface area contributed by atoms with E-state index in [4.69, 9.17) is 19.2 Å². The minimum absolute atomic E-state index is 0. The minimum atomic E-state index is 0. The van der Waals surface area contributed by atoms with Crippen LogP contribution in [0.4, 0.5) is 0 Å². The third-order valence-electron chi connectivity index (χ3n) is 5.14. The van der Waals surface area contributed by atoms with Crippen LogP contribution in [0.5, 0.6) is 17.2 Å². The van der Waals surface area contributed by atoms with Gasteiger partial charge in [0, 0.05) is 37.3 Å². The Morgan fingerprint density at radius 1 is 1.10 bits per heavy atom. The lowest BCUT2D eigenvalue weighted by Crippen LogP contribution is -2.49. The predicted octanol–water partition coefficient (Wildman–Crippen LogP) is 3.26. The molecule has 1 heterocycles. The van der Waals surface area contributed by atoms with Crippen LogP contribution in [0, 0.1) is 0 Å². The van der Waals surface area contributed by atoms with Gasteiger partial charge in [-0.25, -0.2) is 4.99 Å². The SMILES string of the molecule is CCNC(=NCc1ccc(OC)c(OC)c1OC)NC1CCN(C(C)C)CC1.I. The fourth-order valence-electron chi connectivity index (χ4n) is 3.53. The van der Waals surface area contributed by atoms with Crippen LogP contribution in [-0.2, 0) is 6.54 Å². The molecule has 0 aromatic heterocycles. The quantitative estimate of drug-likeness (QED) is 0.312. The van der Waals surface area contributed by atoms with Crippen molar-refractivity contribution in [1.82, 2.24) is 15.5 Å². The van der Waals surface area contributed by atoms with Gasteiger partial charge in [-0.3, -0.25) is 0 Å². The van der Waals surface area contributed by atoms with E-state index in [9.17, 15) is 0 Å². The monoisotopic (exact) mass is 520 g/mol. The second-order valence-electron chi connectivity index (χ2n) is 7.24. The van der Waals surface area contributed by atoms with Crippen LogP contribution in [0.15, 0.2) is 17.1 Å². The second kappa shape index (κ2) is 13.0. The second-order valence-corrected chi connectivity index (χ2v) is 7.24. The molecule has 0 unspecified atom stereocenters. The maximum atomic E-state index is 5.57. The third kappa shape index (κ3) is 7.09. The lowest BCUT2D eigenvalue weighted by molar-refractivity contribution is 0.167. The fraction of sp³-hybridized carbons (Fsp3) is 0.667. The summed E-state index contributed by atoms with van der Waals surface area (Å²) in [6.45, 7) is 10.2. The minimum Gasteiger partial charge on any atom is -0.493 e. The van der Waals surface area contributed by atoms with Crippen molar-refractivity contribution in [2.24, 2.45) is 4.99 Å². The first kappa shape index (κ1) is 25.6. The van der Waals surface area contributed by atoms with E-state index in [1.165, 1.54) is 0 Å². The summed E-state index contributed by atoms with van der Waals surface area (Å²) in [5.74, 6) is 2.74. The van der Waals surface area contributed by atoms with E-state index in [-0.39, 0.29) is 24.0 Å². The number of likely N-dealkylation sites (tertiary alicyclic amines) is 1. The molecule has 166 valence electrons. The number of ether oxygens (including phenoxy) is 3. The van der Waals surface area contributed by atoms with Crippen molar-refractivity contribution in [2.75, 3.05) is 41.0 Å². The van der Waals surface area contributed by atoms with Gasteiger partial charge in [-0.05, 0) is 45.7 Å². The molecule has 7 nitrogen and oxygen atoms in total. The largest absolute Gasteiger partial charge is 0.493 e. The maximum absolute atomic E-state index is 5.57. The molecule has 2 N–H and O–H groups in total. The zero-order chi connectivity index (χ0) is 20.5. The summed E-state index contributed by atoms with van der Waals surface area (Å²) >= 11 is 0. The molecule has 1 aromatic carbocycles. The number of guanidine groups is 1. The number of nitrogens with one attached hydrogen (secondary N) is 2. The average molecular weight is 520 g/mol. The lowest BCUT2D eigenvalue weighted by Gasteiger charge is -2.35. The van der Waals surface area contributed by atoms with E-state index < -0.39 is 0 Å². The van der Waals surface area contributed by atoms with E-state index in [2.05, 4.69) is 36.3 Å². The Kier molecular flexibility index (Phi) is 11.5. The van der Waals surface area contributed by atoms with Crippen molar-refractivity contribution in [3.63, 3.8) is 0 Å². The van der Waals surface area contributed by atoms with Crippen molar-refractivity contribution >= 4 is 29.9 Å². The molecule has 0 bridgehead atoms. The van der Waals surface area contributed by atoms with Gasteiger partial charge < -0.3 is 29.7 Å². The van der Waals surface area contributed by atoms with Crippen molar-refractivity contribution in [2.45, 2.75) is 52.2 Å². The number of rotatable bonds is 8. The smallest absolute Gasteiger partial charge is 0.203 e. The molecule has 1 fully saturated rings. The van der Waals surface area contributed by atoms with Crippen LogP contribution in [0.25, 0.3) is 0 Å². The summed E-state index contributed by atoms with van der Waals surface area (Å²) in [4.78, 5) is 7.30. The first-order chi connectivity index (χ1) is 13.5. The highest BCUT2D eigenvalue weighted by Crippen LogP contribution is 2.39. The van der Waals surface area contributed by atoms with Gasteiger partial charge in [-0.15, -0.1) is 24.0 Å². The van der Waals surface area contributed by atoms with Gasteiger partial charge in [0.1, 0.15) is 0 Å². The van der Waals surface area contributed by atoms with E-state index >= 15 is 0 Å². The molecule has 1 aliphatic heterocycles. The predicted molar refractivity (Wildman–Crippen MR) is 129 cm³/mol. The van der Waals surface area contributed by atoms with Gasteiger partial charge in [-0.1, -0.05) is 0 Å². The van der Waals surface area contributed by atoms with Crippen LogP contribution in [0.2, 0.25) is 0 Å². The Labute approximate surface area is 192 Å². The summed E-state index contributed by atoms with van der Waals surface area (Å²) in [7, 11) is 4.87. The summed E-state index contributed by atoms with van der Waals surface area (Å²) in [6.07, 6.45) is 2.25. The Morgan fingerprint density at radius 2 is 1.76 bits per heavy atom. The van der Waals surface area contributed by atoms with E-state index in [0.717, 1.165) is 44.0 Å². The summed E-state index contributed by atoms with van der Waals surface area (Å²) in [5, 5.41) is 6.94. The van der Waals surface area contributed by atoms with E-state index in [1.807, 2.05) is 12.1 Å². The van der Waals surface area contributed by atoms with Crippen molar-refractivity contribution in [3.05, 3.63) is 17.7 Å². The van der Waals surface area contributed by atoms with Gasteiger partial charge in [0.05, 0.1) is 27.9 Å². The van der Waals surface area contributed by atoms with Crippen LogP contribution in [0.3, 0.4) is 0 Å². The van der Waals surface area contributed by atoms with Crippen LogP contribution < -0.4 is 24.8 Å². The third-order valence-corrected chi connectivity index (χ3v) is 5.14. The molecule has 0 spiro atoms. The van der Waals surface area contributed by atoms with Crippen molar-refractivity contribution in [3.8, 4) is 17.2 Å². The first-order valence-electron chi connectivity index (χ1n) is 10.1. The Hall–Kier alpha value is -1.42. The number of hydrogen-bond acceptors (Lipinski definition) is 5. The standard InChI is InChI=1S/C21H36N4O3.HI/c1-7-22-21(24-17-10-12-25(13-11-17)15(2)3)23-14-16-8-9-18(26-4)20(28-6)19(16)27-5;/h8-9,15,17H,7,10-14H2,1-6H3,(H2,22,23,24);1H. The zero-order valence-corrected chi connectivity index (χ0v) is 20.9. The number of aliphatic imine (C=N–C) groups is 1. The number of halogens is 1. The van der Waals surface area contributed by atoms with Crippen LogP contribution >= 0.6 is 24.0 Å². The molecule has 29 heavy (non-hydrogen) atoms. The first-order valence-corrected chi connectivity index (χ1v) is 10.1. The summed E-state index contributed by atoms with van der Waals surface area (Å²) in [5.41, 5.74) is 0.951. The average Bonchev–Trinajstić information content (AvgIpc) is 2.71. The molecule has 0 radical (unpaired) electrons.